The van der Waals surface area contributed by atoms with Crippen molar-refractivity contribution >= 4 is 11.9 Å². The summed E-state index contributed by atoms with van der Waals surface area (Å²) in [6.07, 6.45) is 1.46. The Bertz CT molecular complexity index is 885. The molecule has 1 saturated heterocycles. The highest BCUT2D eigenvalue weighted by atomic mass is 19.1. The van der Waals surface area contributed by atoms with Gasteiger partial charge in [-0.05, 0) is 55.7 Å². The van der Waals surface area contributed by atoms with Crippen molar-refractivity contribution in [3.05, 3.63) is 65.5 Å². The van der Waals surface area contributed by atoms with Gasteiger partial charge in [0.15, 0.2) is 5.96 Å². The number of nitrogens with zero attached hydrogens (tertiary/aromatic N) is 2. The predicted octanol–water partition coefficient (Wildman–Crippen LogP) is 3.47. The molecule has 0 saturated carbocycles. The van der Waals surface area contributed by atoms with Gasteiger partial charge in [-0.2, -0.15) is 0 Å². The van der Waals surface area contributed by atoms with Crippen LogP contribution in [0.15, 0.2) is 53.5 Å². The first-order chi connectivity index (χ1) is 15.0. The summed E-state index contributed by atoms with van der Waals surface area (Å²) in [5, 5.41) is 6.55. The molecule has 0 aliphatic carbocycles. The number of ether oxygens (including phenoxy) is 1. The van der Waals surface area contributed by atoms with Gasteiger partial charge in [0.1, 0.15) is 17.7 Å². The Morgan fingerprint density at radius 1 is 1.16 bits per heavy atom. The number of rotatable bonds is 9. The van der Waals surface area contributed by atoms with Crippen LogP contribution < -0.4 is 15.4 Å². The zero-order valence-electron chi connectivity index (χ0n) is 18.2. The topological polar surface area (TPSA) is 66.0 Å². The van der Waals surface area contributed by atoms with Gasteiger partial charge < -0.3 is 20.3 Å². The standard InChI is InChI=1S/C24H31FN4O2/c1-3-26-24(27-15-18(2)31-22-12-10-21(25)11-13-22)28-16-19-7-4-5-8-20(19)17-29-14-6-9-23(29)30/h4-5,7-8,10-13,18H,3,6,9,14-17H2,1-2H3,(H2,26,27,28). The number of hydrogen-bond acceptors (Lipinski definition) is 3. The van der Waals surface area contributed by atoms with E-state index in [2.05, 4.69) is 22.8 Å². The van der Waals surface area contributed by atoms with Crippen LogP contribution in [0.2, 0.25) is 0 Å². The van der Waals surface area contributed by atoms with Gasteiger partial charge in [-0.1, -0.05) is 24.3 Å². The highest BCUT2D eigenvalue weighted by Gasteiger charge is 2.20. The van der Waals surface area contributed by atoms with Crippen LogP contribution in [0, 0.1) is 5.82 Å². The van der Waals surface area contributed by atoms with E-state index in [0.29, 0.717) is 37.8 Å². The van der Waals surface area contributed by atoms with Crippen molar-refractivity contribution in [3.63, 3.8) is 0 Å². The Morgan fingerprint density at radius 3 is 2.58 bits per heavy atom. The molecule has 1 heterocycles. The van der Waals surface area contributed by atoms with Crippen LogP contribution >= 0.6 is 0 Å². The van der Waals surface area contributed by atoms with Gasteiger partial charge in [0, 0.05) is 26.1 Å². The van der Waals surface area contributed by atoms with Gasteiger partial charge in [-0.25, -0.2) is 9.38 Å². The summed E-state index contributed by atoms with van der Waals surface area (Å²) in [6.45, 7) is 7.23. The fourth-order valence-electron chi connectivity index (χ4n) is 3.48. The minimum atomic E-state index is -0.283. The van der Waals surface area contributed by atoms with Gasteiger partial charge in [0.25, 0.3) is 0 Å². The monoisotopic (exact) mass is 426 g/mol. The van der Waals surface area contributed by atoms with E-state index in [1.807, 2.05) is 30.9 Å². The van der Waals surface area contributed by atoms with Crippen molar-refractivity contribution in [1.82, 2.24) is 15.5 Å². The second-order valence-electron chi connectivity index (χ2n) is 7.65. The normalized spacial score (nSPS) is 15.1. The number of hydrogen-bond donors (Lipinski definition) is 2. The average molecular weight is 427 g/mol. The van der Waals surface area contributed by atoms with Crippen LogP contribution in [-0.4, -0.2) is 42.5 Å². The quantitative estimate of drug-likeness (QED) is 0.476. The van der Waals surface area contributed by atoms with Crippen LogP contribution in [0.1, 0.15) is 37.8 Å². The lowest BCUT2D eigenvalue weighted by Crippen LogP contribution is -2.41. The molecule has 1 aliphatic heterocycles. The van der Waals surface area contributed by atoms with E-state index in [4.69, 9.17) is 9.73 Å². The Labute approximate surface area is 183 Å². The first-order valence-electron chi connectivity index (χ1n) is 10.8. The summed E-state index contributed by atoms with van der Waals surface area (Å²) >= 11 is 0. The van der Waals surface area contributed by atoms with Crippen molar-refractivity contribution < 1.29 is 13.9 Å². The summed E-state index contributed by atoms with van der Waals surface area (Å²) in [5.74, 6) is 1.27. The Hall–Kier alpha value is -3.09. The van der Waals surface area contributed by atoms with Crippen LogP contribution in [-0.2, 0) is 17.9 Å². The lowest BCUT2D eigenvalue weighted by atomic mass is 10.1. The summed E-state index contributed by atoms with van der Waals surface area (Å²) in [6, 6.07) is 14.1. The zero-order chi connectivity index (χ0) is 22.1. The van der Waals surface area contributed by atoms with E-state index in [1.54, 1.807) is 12.1 Å². The third-order valence-electron chi connectivity index (χ3n) is 5.11. The Morgan fingerprint density at radius 2 is 1.90 bits per heavy atom. The number of aliphatic imine (C=N–C) groups is 1. The molecule has 1 aliphatic rings. The summed E-state index contributed by atoms with van der Waals surface area (Å²) < 4.78 is 18.9. The van der Waals surface area contributed by atoms with Gasteiger partial charge in [-0.3, -0.25) is 4.79 Å². The smallest absolute Gasteiger partial charge is 0.222 e. The van der Waals surface area contributed by atoms with Gasteiger partial charge in [-0.15, -0.1) is 0 Å². The second-order valence-corrected chi connectivity index (χ2v) is 7.65. The number of likely N-dealkylation sites (tertiary alicyclic amines) is 1. The molecule has 3 rings (SSSR count). The van der Waals surface area contributed by atoms with Crippen LogP contribution in [0.4, 0.5) is 4.39 Å². The van der Waals surface area contributed by atoms with Crippen LogP contribution in [0.5, 0.6) is 5.75 Å². The molecule has 2 aromatic rings. The predicted molar refractivity (Wildman–Crippen MR) is 120 cm³/mol. The third kappa shape index (κ3) is 6.98. The molecule has 2 aromatic carbocycles. The fraction of sp³-hybridized carbons (Fsp3) is 0.417. The molecule has 1 fully saturated rings. The highest BCUT2D eigenvalue weighted by molar-refractivity contribution is 5.80. The third-order valence-corrected chi connectivity index (χ3v) is 5.11. The van der Waals surface area contributed by atoms with Crippen molar-refractivity contribution in [2.24, 2.45) is 4.99 Å². The van der Waals surface area contributed by atoms with Gasteiger partial charge >= 0.3 is 0 Å². The molecule has 0 aromatic heterocycles. The maximum Gasteiger partial charge on any atom is 0.222 e. The molecule has 2 N–H and O–H groups in total. The Balaban J connectivity index is 1.58. The van der Waals surface area contributed by atoms with E-state index in [0.717, 1.165) is 30.6 Å². The summed E-state index contributed by atoms with van der Waals surface area (Å²) in [5.41, 5.74) is 2.24. The molecule has 31 heavy (non-hydrogen) atoms. The SMILES string of the molecule is CCNC(=NCc1ccccc1CN1CCCC1=O)NCC(C)Oc1ccc(F)cc1. The average Bonchev–Trinajstić information content (AvgIpc) is 3.17. The number of carbonyl (C=O) groups is 1. The molecule has 6 nitrogen and oxygen atoms in total. The van der Waals surface area contributed by atoms with Crippen LogP contribution in [0.3, 0.4) is 0 Å². The van der Waals surface area contributed by atoms with Crippen molar-refractivity contribution in [2.75, 3.05) is 19.6 Å². The maximum absolute atomic E-state index is 13.0. The van der Waals surface area contributed by atoms with E-state index >= 15 is 0 Å². The number of halogens is 1. The molecule has 1 amide bonds. The minimum absolute atomic E-state index is 0.122. The van der Waals surface area contributed by atoms with Crippen LogP contribution in [0.25, 0.3) is 0 Å². The minimum Gasteiger partial charge on any atom is -0.489 e. The van der Waals surface area contributed by atoms with E-state index in [1.165, 1.54) is 12.1 Å². The molecule has 1 atom stereocenters. The first kappa shape index (κ1) is 22.6. The first-order valence-corrected chi connectivity index (χ1v) is 10.8. The molecule has 166 valence electrons. The lowest BCUT2D eigenvalue weighted by Gasteiger charge is -2.19. The van der Waals surface area contributed by atoms with Gasteiger partial charge in [0.2, 0.25) is 5.91 Å². The molecule has 1 unspecified atom stereocenters. The number of benzene rings is 2. The van der Waals surface area contributed by atoms with E-state index in [9.17, 15) is 9.18 Å². The Kier molecular flexibility index (Phi) is 8.27. The molecular weight excluding hydrogens is 395 g/mol. The molecular formula is C24H31FN4O2. The maximum atomic E-state index is 13.0. The molecule has 0 bridgehead atoms. The van der Waals surface area contributed by atoms with E-state index < -0.39 is 0 Å². The zero-order valence-corrected chi connectivity index (χ0v) is 18.2. The highest BCUT2D eigenvalue weighted by Crippen LogP contribution is 2.18. The fourth-order valence-corrected chi connectivity index (χ4v) is 3.48. The number of carbonyl (C=O) groups excluding carboxylic acids is 1. The van der Waals surface area contributed by atoms with Crippen molar-refractivity contribution in [2.45, 2.75) is 45.9 Å². The molecule has 7 heteroatoms. The van der Waals surface area contributed by atoms with Crippen molar-refractivity contribution in [3.8, 4) is 5.75 Å². The number of amides is 1. The largest absolute Gasteiger partial charge is 0.489 e. The second kappa shape index (κ2) is 11.3. The molecule has 0 radical (unpaired) electrons. The van der Waals surface area contributed by atoms with E-state index in [-0.39, 0.29) is 17.8 Å². The van der Waals surface area contributed by atoms with Gasteiger partial charge in [0.05, 0.1) is 13.1 Å². The summed E-state index contributed by atoms with van der Waals surface area (Å²) in [4.78, 5) is 18.6. The lowest BCUT2D eigenvalue weighted by molar-refractivity contribution is -0.128. The number of nitrogens with one attached hydrogen (secondary N) is 2. The summed E-state index contributed by atoms with van der Waals surface area (Å²) in [7, 11) is 0. The number of guanidine groups is 1. The molecule has 0 spiro atoms. The van der Waals surface area contributed by atoms with Crippen molar-refractivity contribution in [1.29, 1.82) is 0 Å².